The summed E-state index contributed by atoms with van der Waals surface area (Å²) in [6.45, 7) is 3.92. The minimum atomic E-state index is 0.188. The number of hydrogen-bond acceptors (Lipinski definition) is 2. The Kier molecular flexibility index (Phi) is 5.14. The van der Waals surface area contributed by atoms with Gasteiger partial charge in [-0.15, -0.1) is 0 Å². The van der Waals surface area contributed by atoms with Crippen LogP contribution < -0.4 is 10.2 Å². The number of urea groups is 1. The lowest BCUT2D eigenvalue weighted by molar-refractivity contribution is 0.171. The standard InChI is InChI=1S/C21H31N3O/c25-21(24-13-6-11-20(24)18-7-4-5-8-18)22-15-17-12-14-23(16-17)19-9-2-1-3-10-19/h1-3,9-10,17-18,20H,4-8,11-16H2,(H,22,25)/t17-,20+/m1/s1. The summed E-state index contributed by atoms with van der Waals surface area (Å²) in [6.07, 6.45) is 8.92. The Morgan fingerprint density at radius 2 is 1.80 bits per heavy atom. The van der Waals surface area contributed by atoms with E-state index in [9.17, 15) is 4.79 Å². The van der Waals surface area contributed by atoms with Gasteiger partial charge in [-0.25, -0.2) is 4.79 Å². The van der Waals surface area contributed by atoms with E-state index in [0.717, 1.165) is 32.1 Å². The molecule has 2 aliphatic heterocycles. The van der Waals surface area contributed by atoms with Crippen LogP contribution in [0.2, 0.25) is 0 Å². The molecule has 136 valence electrons. The molecule has 0 unspecified atom stereocenters. The van der Waals surface area contributed by atoms with Gasteiger partial charge in [-0.2, -0.15) is 0 Å². The zero-order valence-corrected chi connectivity index (χ0v) is 15.2. The van der Waals surface area contributed by atoms with Gasteiger partial charge in [0.1, 0.15) is 0 Å². The average Bonchev–Trinajstić information content (AvgIpc) is 3.41. The number of para-hydroxylation sites is 1. The Labute approximate surface area is 151 Å². The largest absolute Gasteiger partial charge is 0.371 e. The predicted octanol–water partition coefficient (Wildman–Crippen LogP) is 3.88. The van der Waals surface area contributed by atoms with Crippen LogP contribution in [0.1, 0.15) is 44.9 Å². The van der Waals surface area contributed by atoms with Crippen LogP contribution in [0.15, 0.2) is 30.3 Å². The first-order chi connectivity index (χ1) is 12.3. The molecule has 4 nitrogen and oxygen atoms in total. The lowest BCUT2D eigenvalue weighted by Crippen LogP contribution is -2.46. The second kappa shape index (κ2) is 7.67. The van der Waals surface area contributed by atoms with E-state index in [1.165, 1.54) is 50.6 Å². The number of likely N-dealkylation sites (tertiary alicyclic amines) is 1. The number of carbonyl (C=O) groups is 1. The van der Waals surface area contributed by atoms with Crippen molar-refractivity contribution < 1.29 is 4.79 Å². The molecule has 1 N–H and O–H groups in total. The maximum absolute atomic E-state index is 12.7. The molecule has 2 atom stereocenters. The summed E-state index contributed by atoms with van der Waals surface area (Å²) in [5.74, 6) is 1.32. The second-order valence-electron chi connectivity index (χ2n) is 8.07. The van der Waals surface area contributed by atoms with E-state index in [2.05, 4.69) is 45.4 Å². The maximum Gasteiger partial charge on any atom is 0.317 e. The summed E-state index contributed by atoms with van der Waals surface area (Å²) in [5, 5.41) is 3.25. The van der Waals surface area contributed by atoms with Gasteiger partial charge in [-0.3, -0.25) is 0 Å². The van der Waals surface area contributed by atoms with Gasteiger partial charge in [-0.1, -0.05) is 31.0 Å². The lowest BCUT2D eigenvalue weighted by atomic mass is 9.96. The Balaban J connectivity index is 1.26. The molecule has 1 aliphatic carbocycles. The van der Waals surface area contributed by atoms with Gasteiger partial charge in [0.2, 0.25) is 0 Å². The molecule has 2 saturated heterocycles. The van der Waals surface area contributed by atoms with Crippen molar-refractivity contribution in [3.63, 3.8) is 0 Å². The van der Waals surface area contributed by atoms with Gasteiger partial charge in [0.15, 0.2) is 0 Å². The van der Waals surface area contributed by atoms with Crippen LogP contribution in [0.3, 0.4) is 0 Å². The molecular formula is C21H31N3O. The zero-order chi connectivity index (χ0) is 17.1. The number of hydrogen-bond donors (Lipinski definition) is 1. The summed E-state index contributed by atoms with van der Waals surface area (Å²) in [7, 11) is 0. The molecule has 0 aromatic heterocycles. The fourth-order valence-corrected chi connectivity index (χ4v) is 5.08. The highest BCUT2D eigenvalue weighted by molar-refractivity contribution is 5.75. The summed E-state index contributed by atoms with van der Waals surface area (Å²) in [5.41, 5.74) is 1.30. The molecule has 25 heavy (non-hydrogen) atoms. The van der Waals surface area contributed by atoms with Crippen molar-refractivity contribution in [2.45, 2.75) is 51.0 Å². The third-order valence-electron chi connectivity index (χ3n) is 6.45. The van der Waals surface area contributed by atoms with E-state index in [1.807, 2.05) is 0 Å². The van der Waals surface area contributed by atoms with Crippen LogP contribution in [0.25, 0.3) is 0 Å². The molecule has 2 amide bonds. The quantitative estimate of drug-likeness (QED) is 0.902. The Bertz CT molecular complexity index is 570. The Morgan fingerprint density at radius 3 is 2.60 bits per heavy atom. The van der Waals surface area contributed by atoms with E-state index in [0.29, 0.717) is 12.0 Å². The highest BCUT2D eigenvalue weighted by Gasteiger charge is 2.36. The van der Waals surface area contributed by atoms with Gasteiger partial charge in [0.25, 0.3) is 0 Å². The van der Waals surface area contributed by atoms with Crippen molar-refractivity contribution in [2.24, 2.45) is 11.8 Å². The Hall–Kier alpha value is -1.71. The number of rotatable bonds is 4. The van der Waals surface area contributed by atoms with E-state index in [4.69, 9.17) is 0 Å². The van der Waals surface area contributed by atoms with E-state index >= 15 is 0 Å². The van der Waals surface area contributed by atoms with Crippen LogP contribution >= 0.6 is 0 Å². The number of benzene rings is 1. The SMILES string of the molecule is O=C(NC[C@H]1CCN(c2ccccc2)C1)N1CCC[C@H]1C1CCCC1. The lowest BCUT2D eigenvalue weighted by Gasteiger charge is -2.30. The molecule has 2 heterocycles. The minimum Gasteiger partial charge on any atom is -0.371 e. The van der Waals surface area contributed by atoms with Crippen molar-refractivity contribution in [3.05, 3.63) is 30.3 Å². The Morgan fingerprint density at radius 1 is 1.00 bits per heavy atom. The van der Waals surface area contributed by atoms with Gasteiger partial charge >= 0.3 is 6.03 Å². The van der Waals surface area contributed by atoms with Crippen LogP contribution in [0, 0.1) is 11.8 Å². The normalized spacial score (nSPS) is 27.2. The molecule has 1 aromatic carbocycles. The molecule has 1 saturated carbocycles. The van der Waals surface area contributed by atoms with Gasteiger partial charge in [0, 0.05) is 37.9 Å². The van der Waals surface area contributed by atoms with Crippen LogP contribution in [0.4, 0.5) is 10.5 Å². The molecule has 1 aromatic rings. The molecule has 4 heteroatoms. The molecule has 4 rings (SSSR count). The predicted molar refractivity (Wildman–Crippen MR) is 102 cm³/mol. The fourth-order valence-electron chi connectivity index (χ4n) is 5.08. The third kappa shape index (κ3) is 3.78. The first-order valence-corrected chi connectivity index (χ1v) is 10.2. The zero-order valence-electron chi connectivity index (χ0n) is 15.2. The monoisotopic (exact) mass is 341 g/mol. The van der Waals surface area contributed by atoms with Gasteiger partial charge in [-0.05, 0) is 56.1 Å². The fraction of sp³-hybridized carbons (Fsp3) is 0.667. The van der Waals surface area contributed by atoms with Crippen molar-refractivity contribution >= 4 is 11.7 Å². The van der Waals surface area contributed by atoms with Gasteiger partial charge in [0.05, 0.1) is 0 Å². The van der Waals surface area contributed by atoms with E-state index in [1.54, 1.807) is 0 Å². The summed E-state index contributed by atoms with van der Waals surface area (Å²) < 4.78 is 0. The third-order valence-corrected chi connectivity index (χ3v) is 6.45. The molecule has 0 radical (unpaired) electrons. The highest BCUT2D eigenvalue weighted by Crippen LogP contribution is 2.35. The van der Waals surface area contributed by atoms with Crippen LogP contribution in [-0.2, 0) is 0 Å². The van der Waals surface area contributed by atoms with Crippen LogP contribution in [0.5, 0.6) is 0 Å². The van der Waals surface area contributed by atoms with Crippen molar-refractivity contribution in [1.82, 2.24) is 10.2 Å². The molecule has 3 aliphatic rings. The second-order valence-corrected chi connectivity index (χ2v) is 8.07. The van der Waals surface area contributed by atoms with Crippen molar-refractivity contribution in [1.29, 1.82) is 0 Å². The molecule has 3 fully saturated rings. The summed E-state index contributed by atoms with van der Waals surface area (Å²) >= 11 is 0. The highest BCUT2D eigenvalue weighted by atomic mass is 16.2. The number of nitrogens with one attached hydrogen (secondary N) is 1. The van der Waals surface area contributed by atoms with Crippen molar-refractivity contribution in [2.75, 3.05) is 31.1 Å². The maximum atomic E-state index is 12.7. The van der Waals surface area contributed by atoms with Crippen LogP contribution in [-0.4, -0.2) is 43.2 Å². The summed E-state index contributed by atoms with van der Waals surface area (Å²) in [4.78, 5) is 17.3. The first kappa shape index (κ1) is 16.7. The van der Waals surface area contributed by atoms with E-state index < -0.39 is 0 Å². The number of anilines is 1. The van der Waals surface area contributed by atoms with Crippen molar-refractivity contribution in [3.8, 4) is 0 Å². The minimum absolute atomic E-state index is 0.188. The molecular weight excluding hydrogens is 310 g/mol. The smallest absolute Gasteiger partial charge is 0.317 e. The number of amides is 2. The molecule has 0 bridgehead atoms. The van der Waals surface area contributed by atoms with Gasteiger partial charge < -0.3 is 15.1 Å². The number of nitrogens with zero attached hydrogens (tertiary/aromatic N) is 2. The topological polar surface area (TPSA) is 35.6 Å². The van der Waals surface area contributed by atoms with E-state index in [-0.39, 0.29) is 6.03 Å². The molecule has 0 spiro atoms. The summed E-state index contributed by atoms with van der Waals surface area (Å²) in [6, 6.07) is 11.3. The first-order valence-electron chi connectivity index (χ1n) is 10.2. The average molecular weight is 341 g/mol. The number of carbonyl (C=O) groups excluding carboxylic acids is 1.